The average Bonchev–Trinajstić information content (AvgIpc) is 3.03. The van der Waals surface area contributed by atoms with Crippen molar-refractivity contribution < 1.29 is 9.53 Å². The van der Waals surface area contributed by atoms with Gasteiger partial charge in [-0.2, -0.15) is 5.10 Å². The van der Waals surface area contributed by atoms with Gasteiger partial charge in [-0.05, 0) is 42.8 Å². The third-order valence-electron chi connectivity index (χ3n) is 3.41. The lowest BCUT2D eigenvalue weighted by atomic mass is 10.2. The number of aromatic nitrogens is 2. The minimum Gasteiger partial charge on any atom is -0.468 e. The molecule has 2 aromatic carbocycles. The van der Waals surface area contributed by atoms with E-state index < -0.39 is 0 Å². The third-order valence-corrected chi connectivity index (χ3v) is 4.00. The molecular formula is C18H15Cl2N3O2. The molecule has 0 unspecified atom stereocenters. The van der Waals surface area contributed by atoms with Gasteiger partial charge in [0.2, 0.25) is 0 Å². The van der Waals surface area contributed by atoms with Crippen LogP contribution in [0.3, 0.4) is 0 Å². The highest BCUT2D eigenvalue weighted by Gasteiger charge is 2.11. The monoisotopic (exact) mass is 375 g/mol. The molecule has 3 aromatic rings. The molecule has 128 valence electrons. The highest BCUT2D eigenvalue weighted by atomic mass is 35.5. The molecule has 0 saturated heterocycles. The van der Waals surface area contributed by atoms with Crippen LogP contribution >= 0.6 is 23.2 Å². The summed E-state index contributed by atoms with van der Waals surface area (Å²) in [7, 11) is 0. The molecule has 25 heavy (non-hydrogen) atoms. The molecule has 0 aliphatic carbocycles. The van der Waals surface area contributed by atoms with Gasteiger partial charge in [-0.1, -0.05) is 41.4 Å². The lowest BCUT2D eigenvalue weighted by molar-refractivity contribution is 0.102. The van der Waals surface area contributed by atoms with Crippen LogP contribution in [-0.4, -0.2) is 15.7 Å². The summed E-state index contributed by atoms with van der Waals surface area (Å²) in [5.41, 5.74) is 2.07. The standard InChI is InChI=1S/C18H15Cl2N3O2/c1-12-4-2-5-13(10-12)21-18(24)16-8-9-23(22-16)11-25-17-14(19)6-3-7-15(17)20/h2-10H,11H2,1H3,(H,21,24). The molecule has 1 amide bonds. The van der Waals surface area contributed by atoms with E-state index in [0.717, 1.165) is 11.3 Å². The fourth-order valence-corrected chi connectivity index (χ4v) is 2.73. The van der Waals surface area contributed by atoms with Crippen LogP contribution in [0.5, 0.6) is 5.75 Å². The smallest absolute Gasteiger partial charge is 0.276 e. The van der Waals surface area contributed by atoms with Crippen molar-refractivity contribution in [3.05, 3.63) is 76.0 Å². The minimum absolute atomic E-state index is 0.0845. The van der Waals surface area contributed by atoms with E-state index in [-0.39, 0.29) is 18.3 Å². The average molecular weight is 376 g/mol. The molecule has 3 rings (SSSR count). The number of hydrogen-bond acceptors (Lipinski definition) is 3. The van der Waals surface area contributed by atoms with E-state index in [9.17, 15) is 4.79 Å². The number of nitrogens with zero attached hydrogens (tertiary/aromatic N) is 2. The van der Waals surface area contributed by atoms with Gasteiger partial charge in [0.05, 0.1) is 10.0 Å². The number of carbonyl (C=O) groups excluding carboxylic acids is 1. The molecule has 1 aromatic heterocycles. The van der Waals surface area contributed by atoms with Crippen LogP contribution in [-0.2, 0) is 6.73 Å². The van der Waals surface area contributed by atoms with Gasteiger partial charge in [0.25, 0.3) is 5.91 Å². The van der Waals surface area contributed by atoms with E-state index in [1.807, 2.05) is 31.2 Å². The second kappa shape index (κ2) is 7.59. The zero-order valence-electron chi connectivity index (χ0n) is 13.4. The van der Waals surface area contributed by atoms with Crippen LogP contribution in [0.1, 0.15) is 16.1 Å². The van der Waals surface area contributed by atoms with Gasteiger partial charge in [-0.3, -0.25) is 4.79 Å². The Morgan fingerprint density at radius 2 is 1.88 bits per heavy atom. The Labute approximate surface area is 155 Å². The molecule has 0 spiro atoms. The molecule has 0 saturated carbocycles. The Hall–Kier alpha value is -2.50. The Morgan fingerprint density at radius 1 is 1.16 bits per heavy atom. The van der Waals surface area contributed by atoms with Crippen molar-refractivity contribution in [1.82, 2.24) is 9.78 Å². The molecule has 0 radical (unpaired) electrons. The Balaban J connectivity index is 1.65. The number of halogens is 2. The van der Waals surface area contributed by atoms with Crippen LogP contribution in [0.25, 0.3) is 0 Å². The summed E-state index contributed by atoms with van der Waals surface area (Å²) in [6.07, 6.45) is 1.65. The zero-order valence-corrected chi connectivity index (χ0v) is 14.9. The van der Waals surface area contributed by atoms with E-state index in [0.29, 0.717) is 15.8 Å². The van der Waals surface area contributed by atoms with Gasteiger partial charge >= 0.3 is 0 Å². The van der Waals surface area contributed by atoms with E-state index in [2.05, 4.69) is 10.4 Å². The van der Waals surface area contributed by atoms with Crippen molar-refractivity contribution in [2.45, 2.75) is 13.7 Å². The summed E-state index contributed by atoms with van der Waals surface area (Å²) < 4.78 is 7.08. The second-order valence-electron chi connectivity index (χ2n) is 5.39. The molecule has 1 N–H and O–H groups in total. The molecule has 1 heterocycles. The lowest BCUT2D eigenvalue weighted by Crippen LogP contribution is -2.14. The number of carbonyl (C=O) groups is 1. The predicted octanol–water partition coefficient (Wildman–Crippen LogP) is 4.79. The van der Waals surface area contributed by atoms with Crippen molar-refractivity contribution in [1.29, 1.82) is 0 Å². The highest BCUT2D eigenvalue weighted by molar-refractivity contribution is 6.37. The number of para-hydroxylation sites is 1. The normalized spacial score (nSPS) is 10.5. The molecule has 0 fully saturated rings. The number of anilines is 1. The molecular weight excluding hydrogens is 361 g/mol. The van der Waals surface area contributed by atoms with Gasteiger partial charge in [0, 0.05) is 11.9 Å². The summed E-state index contributed by atoms with van der Waals surface area (Å²) in [4.78, 5) is 12.3. The SMILES string of the molecule is Cc1cccc(NC(=O)c2ccn(COc3c(Cl)cccc3Cl)n2)c1. The highest BCUT2D eigenvalue weighted by Crippen LogP contribution is 2.32. The van der Waals surface area contributed by atoms with E-state index >= 15 is 0 Å². The number of rotatable bonds is 5. The number of ether oxygens (including phenoxy) is 1. The van der Waals surface area contributed by atoms with Gasteiger partial charge in [-0.15, -0.1) is 0 Å². The van der Waals surface area contributed by atoms with Gasteiger partial charge in [0.15, 0.2) is 18.2 Å². The number of nitrogens with one attached hydrogen (secondary N) is 1. The summed E-state index contributed by atoms with van der Waals surface area (Å²) >= 11 is 12.1. The summed E-state index contributed by atoms with van der Waals surface area (Å²) in [5.74, 6) is 0.0900. The van der Waals surface area contributed by atoms with Crippen LogP contribution in [0.2, 0.25) is 10.0 Å². The molecule has 0 aliphatic heterocycles. The molecule has 0 atom stereocenters. The maximum atomic E-state index is 12.3. The van der Waals surface area contributed by atoms with Crippen LogP contribution in [0.15, 0.2) is 54.7 Å². The molecule has 5 nitrogen and oxygen atoms in total. The van der Waals surface area contributed by atoms with E-state index in [4.69, 9.17) is 27.9 Å². The minimum atomic E-state index is -0.292. The second-order valence-corrected chi connectivity index (χ2v) is 6.20. The number of aryl methyl sites for hydroxylation is 1. The first-order valence-electron chi connectivity index (χ1n) is 7.51. The fourth-order valence-electron chi connectivity index (χ4n) is 2.22. The van der Waals surface area contributed by atoms with Crippen molar-refractivity contribution in [3.63, 3.8) is 0 Å². The summed E-state index contributed by atoms with van der Waals surface area (Å²) in [6, 6.07) is 14.3. The summed E-state index contributed by atoms with van der Waals surface area (Å²) in [6.45, 7) is 2.04. The quantitative estimate of drug-likeness (QED) is 0.697. The molecule has 0 aliphatic rings. The maximum Gasteiger partial charge on any atom is 0.276 e. The summed E-state index contributed by atoms with van der Waals surface area (Å²) in [5, 5.41) is 7.83. The molecule has 0 bridgehead atoms. The lowest BCUT2D eigenvalue weighted by Gasteiger charge is -2.09. The first kappa shape index (κ1) is 17.3. The van der Waals surface area contributed by atoms with Crippen molar-refractivity contribution >= 4 is 34.8 Å². The van der Waals surface area contributed by atoms with Crippen LogP contribution in [0.4, 0.5) is 5.69 Å². The van der Waals surface area contributed by atoms with Crippen LogP contribution < -0.4 is 10.1 Å². The zero-order chi connectivity index (χ0) is 17.8. The first-order valence-corrected chi connectivity index (χ1v) is 8.27. The van der Waals surface area contributed by atoms with Crippen molar-refractivity contribution in [2.24, 2.45) is 0 Å². The Morgan fingerprint density at radius 3 is 2.60 bits per heavy atom. The van der Waals surface area contributed by atoms with E-state index in [1.165, 1.54) is 4.68 Å². The number of benzene rings is 2. The maximum absolute atomic E-state index is 12.3. The fraction of sp³-hybridized carbons (Fsp3) is 0.111. The number of hydrogen-bond donors (Lipinski definition) is 1. The van der Waals surface area contributed by atoms with Gasteiger partial charge in [-0.25, -0.2) is 4.68 Å². The van der Waals surface area contributed by atoms with Gasteiger partial charge < -0.3 is 10.1 Å². The van der Waals surface area contributed by atoms with Crippen molar-refractivity contribution in [3.8, 4) is 5.75 Å². The first-order chi connectivity index (χ1) is 12.0. The Bertz CT molecular complexity index is 889. The van der Waals surface area contributed by atoms with Crippen LogP contribution in [0, 0.1) is 6.92 Å². The number of amides is 1. The predicted molar refractivity (Wildman–Crippen MR) is 98.4 cm³/mol. The Kier molecular flexibility index (Phi) is 5.26. The largest absolute Gasteiger partial charge is 0.468 e. The van der Waals surface area contributed by atoms with E-state index in [1.54, 1.807) is 30.5 Å². The van der Waals surface area contributed by atoms with Gasteiger partial charge in [0.1, 0.15) is 0 Å². The topological polar surface area (TPSA) is 56.2 Å². The molecule has 7 heteroatoms. The third kappa shape index (κ3) is 4.32. The van der Waals surface area contributed by atoms with Crippen molar-refractivity contribution in [2.75, 3.05) is 5.32 Å².